The third kappa shape index (κ3) is 5.49. The Morgan fingerprint density at radius 1 is 0.548 bits per heavy atom. The summed E-state index contributed by atoms with van der Waals surface area (Å²) in [5.74, 6) is 1.66. The standard InChI is InChI=1S/C24H28N2O5/c1-5-19(6-2-17(1)25(9-21-13-27-21)10-22-14-28-22)31-20-7-3-18(4-8-20)26(11-23-15-29-23)12-24-16-30-24/h1-8,21-24H,9-16H2/t21-,22-,23-,24+/m1/s1. The highest BCUT2D eigenvalue weighted by Gasteiger charge is 2.32. The topological polar surface area (TPSA) is 65.8 Å². The van der Waals surface area contributed by atoms with Crippen molar-refractivity contribution in [1.82, 2.24) is 0 Å². The van der Waals surface area contributed by atoms with Crippen molar-refractivity contribution < 1.29 is 23.7 Å². The second-order valence-electron chi connectivity index (χ2n) is 8.72. The van der Waals surface area contributed by atoms with Gasteiger partial charge in [0.25, 0.3) is 0 Å². The third-order valence-corrected chi connectivity index (χ3v) is 5.95. The van der Waals surface area contributed by atoms with Crippen LogP contribution in [0.2, 0.25) is 0 Å². The van der Waals surface area contributed by atoms with Gasteiger partial charge in [-0.25, -0.2) is 0 Å². The van der Waals surface area contributed by atoms with Gasteiger partial charge in [-0.3, -0.25) is 0 Å². The van der Waals surface area contributed by atoms with E-state index in [1.165, 1.54) is 11.4 Å². The van der Waals surface area contributed by atoms with Gasteiger partial charge in [-0.1, -0.05) is 0 Å². The van der Waals surface area contributed by atoms with Gasteiger partial charge < -0.3 is 33.5 Å². The van der Waals surface area contributed by atoms with E-state index in [2.05, 4.69) is 34.1 Å². The van der Waals surface area contributed by atoms with Gasteiger partial charge in [0.2, 0.25) is 0 Å². The van der Waals surface area contributed by atoms with Crippen molar-refractivity contribution in [2.24, 2.45) is 0 Å². The second kappa shape index (κ2) is 8.31. The van der Waals surface area contributed by atoms with Crippen LogP contribution in [0.1, 0.15) is 0 Å². The summed E-state index contributed by atoms with van der Waals surface area (Å²) in [5, 5.41) is 0. The first-order chi connectivity index (χ1) is 15.3. The van der Waals surface area contributed by atoms with Gasteiger partial charge >= 0.3 is 0 Å². The van der Waals surface area contributed by atoms with Crippen molar-refractivity contribution in [3.63, 3.8) is 0 Å². The van der Waals surface area contributed by atoms with E-state index in [9.17, 15) is 0 Å². The molecule has 0 aliphatic carbocycles. The Hall–Kier alpha value is -2.32. The van der Waals surface area contributed by atoms with Gasteiger partial charge in [-0.2, -0.15) is 0 Å². The molecule has 6 rings (SSSR count). The normalized spacial score (nSPS) is 27.5. The van der Waals surface area contributed by atoms with E-state index in [1.807, 2.05) is 24.3 Å². The zero-order valence-corrected chi connectivity index (χ0v) is 17.5. The maximum Gasteiger partial charge on any atom is 0.127 e. The highest BCUT2D eigenvalue weighted by molar-refractivity contribution is 5.52. The molecule has 0 bridgehead atoms. The number of rotatable bonds is 12. The number of benzene rings is 2. The van der Waals surface area contributed by atoms with Gasteiger partial charge in [-0.15, -0.1) is 0 Å². The van der Waals surface area contributed by atoms with Crippen LogP contribution in [0.15, 0.2) is 48.5 Å². The van der Waals surface area contributed by atoms with E-state index >= 15 is 0 Å². The average molecular weight is 424 g/mol. The summed E-state index contributed by atoms with van der Waals surface area (Å²) in [7, 11) is 0. The van der Waals surface area contributed by atoms with Crippen LogP contribution in [-0.4, -0.2) is 77.0 Å². The van der Waals surface area contributed by atoms with Crippen LogP contribution in [0.25, 0.3) is 0 Å². The Bertz CT molecular complexity index is 772. The van der Waals surface area contributed by atoms with Crippen LogP contribution < -0.4 is 14.5 Å². The number of anilines is 2. The van der Waals surface area contributed by atoms with E-state index in [0.717, 1.165) is 64.1 Å². The molecular weight excluding hydrogens is 396 g/mol. The van der Waals surface area contributed by atoms with E-state index in [1.54, 1.807) is 0 Å². The molecule has 0 amide bonds. The number of hydrogen-bond acceptors (Lipinski definition) is 7. The Morgan fingerprint density at radius 2 is 0.839 bits per heavy atom. The van der Waals surface area contributed by atoms with Gasteiger partial charge in [0.1, 0.15) is 11.5 Å². The minimum Gasteiger partial charge on any atom is -0.457 e. The van der Waals surface area contributed by atoms with Gasteiger partial charge in [-0.05, 0) is 48.5 Å². The molecule has 0 aromatic heterocycles. The first-order valence-electron chi connectivity index (χ1n) is 11.1. The summed E-state index contributed by atoms with van der Waals surface area (Å²) in [6, 6.07) is 16.6. The first kappa shape index (κ1) is 19.4. The molecule has 7 nitrogen and oxygen atoms in total. The summed E-state index contributed by atoms with van der Waals surface area (Å²) in [6.45, 7) is 7.09. The summed E-state index contributed by atoms with van der Waals surface area (Å²) in [4.78, 5) is 4.69. The number of hydrogen-bond donors (Lipinski definition) is 0. The molecule has 0 N–H and O–H groups in total. The minimum atomic E-state index is 0.353. The lowest BCUT2D eigenvalue weighted by atomic mass is 10.2. The number of nitrogens with zero attached hydrogens (tertiary/aromatic N) is 2. The fourth-order valence-electron chi connectivity index (χ4n) is 3.83. The van der Waals surface area contributed by atoms with E-state index in [0.29, 0.717) is 24.4 Å². The van der Waals surface area contributed by atoms with E-state index < -0.39 is 0 Å². The Labute approximate surface area is 182 Å². The van der Waals surface area contributed by atoms with Crippen LogP contribution in [0.5, 0.6) is 11.5 Å². The molecule has 4 fully saturated rings. The molecule has 0 radical (unpaired) electrons. The molecular formula is C24H28N2O5. The molecule has 2 aromatic rings. The zero-order valence-electron chi connectivity index (χ0n) is 17.5. The van der Waals surface area contributed by atoms with Crippen molar-refractivity contribution >= 4 is 11.4 Å². The lowest BCUT2D eigenvalue weighted by Gasteiger charge is -2.24. The fraction of sp³-hybridized carbons (Fsp3) is 0.500. The van der Waals surface area contributed by atoms with Gasteiger partial charge in [0.15, 0.2) is 0 Å². The summed E-state index contributed by atoms with van der Waals surface area (Å²) in [6.07, 6.45) is 1.41. The molecule has 0 unspecified atom stereocenters. The van der Waals surface area contributed by atoms with Crippen molar-refractivity contribution in [1.29, 1.82) is 0 Å². The average Bonchev–Trinajstić information content (AvgIpc) is 3.63. The number of ether oxygens (including phenoxy) is 5. The molecule has 4 aliphatic heterocycles. The molecule has 4 atom stereocenters. The van der Waals surface area contributed by atoms with E-state index in [4.69, 9.17) is 23.7 Å². The smallest absolute Gasteiger partial charge is 0.127 e. The molecule has 2 aromatic carbocycles. The highest BCUT2D eigenvalue weighted by Crippen LogP contribution is 2.29. The van der Waals surface area contributed by atoms with Gasteiger partial charge in [0.05, 0.1) is 50.8 Å². The zero-order chi connectivity index (χ0) is 20.6. The van der Waals surface area contributed by atoms with Crippen molar-refractivity contribution in [2.45, 2.75) is 24.4 Å². The second-order valence-corrected chi connectivity index (χ2v) is 8.72. The predicted octanol–water partition coefficient (Wildman–Crippen LogP) is 2.69. The van der Waals surface area contributed by atoms with Crippen LogP contribution in [0, 0.1) is 0 Å². The minimum absolute atomic E-state index is 0.353. The highest BCUT2D eigenvalue weighted by atomic mass is 16.6. The summed E-state index contributed by atoms with van der Waals surface area (Å²) in [5.41, 5.74) is 2.35. The maximum atomic E-state index is 6.09. The molecule has 164 valence electrons. The lowest BCUT2D eigenvalue weighted by molar-refractivity contribution is 0.388. The Kier molecular flexibility index (Phi) is 5.20. The molecule has 4 aliphatic rings. The molecule has 4 saturated heterocycles. The van der Waals surface area contributed by atoms with Crippen LogP contribution >= 0.6 is 0 Å². The Balaban J connectivity index is 1.08. The monoisotopic (exact) mass is 424 g/mol. The quantitative estimate of drug-likeness (QED) is 0.486. The SMILES string of the molecule is c1cc(N(C[C@H]2CO2)C[C@@H]2CO2)ccc1Oc1ccc(N(C[C@@H]2CO2)C[C@@H]2CO2)cc1. The van der Waals surface area contributed by atoms with Crippen LogP contribution in [-0.2, 0) is 18.9 Å². The fourth-order valence-corrected chi connectivity index (χ4v) is 3.83. The molecule has 31 heavy (non-hydrogen) atoms. The predicted molar refractivity (Wildman–Crippen MR) is 116 cm³/mol. The van der Waals surface area contributed by atoms with Crippen molar-refractivity contribution in [3.8, 4) is 11.5 Å². The number of epoxide rings is 4. The molecule has 7 heteroatoms. The summed E-state index contributed by atoms with van der Waals surface area (Å²) >= 11 is 0. The van der Waals surface area contributed by atoms with Crippen molar-refractivity contribution in [3.05, 3.63) is 48.5 Å². The third-order valence-electron chi connectivity index (χ3n) is 5.95. The van der Waals surface area contributed by atoms with Gasteiger partial charge in [0, 0.05) is 37.6 Å². The summed E-state index contributed by atoms with van der Waals surface area (Å²) < 4.78 is 27.8. The lowest BCUT2D eigenvalue weighted by Crippen LogP contribution is -2.31. The molecule has 4 heterocycles. The maximum absolute atomic E-state index is 6.09. The largest absolute Gasteiger partial charge is 0.457 e. The van der Waals surface area contributed by atoms with Crippen LogP contribution in [0.3, 0.4) is 0 Å². The van der Waals surface area contributed by atoms with Crippen LogP contribution in [0.4, 0.5) is 11.4 Å². The van der Waals surface area contributed by atoms with Crippen molar-refractivity contribution in [2.75, 3.05) is 62.4 Å². The Morgan fingerprint density at radius 3 is 1.10 bits per heavy atom. The first-order valence-corrected chi connectivity index (χ1v) is 11.1. The molecule has 0 saturated carbocycles. The molecule has 0 spiro atoms. The van der Waals surface area contributed by atoms with E-state index in [-0.39, 0.29) is 0 Å².